The molecule has 0 aromatic carbocycles. The summed E-state index contributed by atoms with van der Waals surface area (Å²) in [6, 6.07) is 2.36. The van der Waals surface area contributed by atoms with Crippen LogP contribution in [0.1, 0.15) is 32.2 Å². The van der Waals surface area contributed by atoms with Crippen LogP contribution in [-0.4, -0.2) is 15.8 Å². The molecular weight excluding hydrogens is 162 g/mol. The Labute approximate surface area is 79.9 Å². The van der Waals surface area contributed by atoms with Gasteiger partial charge in [-0.25, -0.2) is 0 Å². The molecule has 0 saturated heterocycles. The summed E-state index contributed by atoms with van der Waals surface area (Å²) in [5, 5.41) is 4.48. The van der Waals surface area contributed by atoms with Gasteiger partial charge in [-0.1, -0.05) is 6.92 Å². The number of nitrogens with two attached hydrogens (primary N) is 1. The highest BCUT2D eigenvalue weighted by atomic mass is 15.3. The molecule has 0 aliphatic carbocycles. The molecule has 0 fully saturated rings. The van der Waals surface area contributed by atoms with Crippen LogP contribution in [0.15, 0.2) is 6.07 Å². The SMILES string of the molecule is CCc1cc(CC(C)N)nn1CC. The standard InChI is InChI=1S/C10H19N3/c1-4-10-7-9(6-8(3)11)12-13(10)5-2/h7-8H,4-6,11H2,1-3H3. The first kappa shape index (κ1) is 10.3. The lowest BCUT2D eigenvalue weighted by Crippen LogP contribution is -2.18. The summed E-state index contributed by atoms with van der Waals surface area (Å²) >= 11 is 0. The van der Waals surface area contributed by atoms with Crippen molar-refractivity contribution >= 4 is 0 Å². The zero-order valence-electron chi connectivity index (χ0n) is 8.75. The van der Waals surface area contributed by atoms with Gasteiger partial charge in [0, 0.05) is 24.7 Å². The Morgan fingerprint density at radius 2 is 2.23 bits per heavy atom. The normalized spacial score (nSPS) is 13.2. The molecule has 0 saturated carbocycles. The van der Waals surface area contributed by atoms with Crippen molar-refractivity contribution in [3.63, 3.8) is 0 Å². The minimum absolute atomic E-state index is 0.199. The van der Waals surface area contributed by atoms with Gasteiger partial charge in [-0.05, 0) is 26.3 Å². The van der Waals surface area contributed by atoms with E-state index in [2.05, 4.69) is 29.7 Å². The third kappa shape index (κ3) is 2.56. The Kier molecular flexibility index (Phi) is 3.48. The Balaban J connectivity index is 2.80. The van der Waals surface area contributed by atoms with E-state index >= 15 is 0 Å². The van der Waals surface area contributed by atoms with Crippen molar-refractivity contribution < 1.29 is 0 Å². The first-order chi connectivity index (χ1) is 6.17. The van der Waals surface area contributed by atoms with Crippen molar-refractivity contribution in [2.75, 3.05) is 0 Å². The molecule has 1 rings (SSSR count). The van der Waals surface area contributed by atoms with E-state index in [9.17, 15) is 0 Å². The molecule has 2 N–H and O–H groups in total. The van der Waals surface area contributed by atoms with Gasteiger partial charge in [0.15, 0.2) is 0 Å². The molecule has 0 aliphatic heterocycles. The molecule has 13 heavy (non-hydrogen) atoms. The summed E-state index contributed by atoms with van der Waals surface area (Å²) in [7, 11) is 0. The molecule has 74 valence electrons. The quantitative estimate of drug-likeness (QED) is 0.762. The van der Waals surface area contributed by atoms with Crippen LogP contribution in [0, 0.1) is 0 Å². The van der Waals surface area contributed by atoms with Crippen molar-refractivity contribution in [1.29, 1.82) is 0 Å². The molecule has 1 aromatic heterocycles. The number of aryl methyl sites for hydroxylation is 2. The largest absolute Gasteiger partial charge is 0.328 e. The molecule has 0 spiro atoms. The minimum atomic E-state index is 0.199. The monoisotopic (exact) mass is 181 g/mol. The maximum atomic E-state index is 5.72. The average Bonchev–Trinajstić information content (AvgIpc) is 2.45. The van der Waals surface area contributed by atoms with Crippen molar-refractivity contribution in [3.05, 3.63) is 17.5 Å². The smallest absolute Gasteiger partial charge is 0.0642 e. The van der Waals surface area contributed by atoms with Gasteiger partial charge in [0.1, 0.15) is 0 Å². The first-order valence-corrected chi connectivity index (χ1v) is 4.98. The van der Waals surface area contributed by atoms with E-state index in [0.717, 1.165) is 25.1 Å². The fraction of sp³-hybridized carbons (Fsp3) is 0.700. The number of aromatic nitrogens is 2. The first-order valence-electron chi connectivity index (χ1n) is 4.98. The summed E-state index contributed by atoms with van der Waals surface area (Å²) < 4.78 is 2.05. The van der Waals surface area contributed by atoms with Crippen LogP contribution in [0.3, 0.4) is 0 Å². The third-order valence-electron chi connectivity index (χ3n) is 2.11. The van der Waals surface area contributed by atoms with Gasteiger partial charge in [-0.15, -0.1) is 0 Å². The maximum absolute atomic E-state index is 5.72. The van der Waals surface area contributed by atoms with Gasteiger partial charge < -0.3 is 5.73 Å². The molecule has 0 bridgehead atoms. The van der Waals surface area contributed by atoms with Crippen LogP contribution in [0.5, 0.6) is 0 Å². The number of rotatable bonds is 4. The summed E-state index contributed by atoms with van der Waals surface area (Å²) in [4.78, 5) is 0. The van der Waals surface area contributed by atoms with Crippen LogP contribution in [-0.2, 0) is 19.4 Å². The van der Waals surface area contributed by atoms with Crippen LogP contribution in [0.4, 0.5) is 0 Å². The molecule has 0 aliphatic rings. The third-order valence-corrected chi connectivity index (χ3v) is 2.11. The van der Waals surface area contributed by atoms with Gasteiger partial charge in [-0.2, -0.15) is 5.10 Å². The van der Waals surface area contributed by atoms with Gasteiger partial charge in [-0.3, -0.25) is 4.68 Å². The van der Waals surface area contributed by atoms with Gasteiger partial charge in [0.2, 0.25) is 0 Å². The lowest BCUT2D eigenvalue weighted by atomic mass is 10.2. The van der Waals surface area contributed by atoms with E-state index in [1.54, 1.807) is 0 Å². The Morgan fingerprint density at radius 3 is 2.62 bits per heavy atom. The zero-order valence-corrected chi connectivity index (χ0v) is 8.75. The van der Waals surface area contributed by atoms with Crippen molar-refractivity contribution in [2.24, 2.45) is 5.73 Å². The van der Waals surface area contributed by atoms with Crippen molar-refractivity contribution in [2.45, 2.75) is 46.2 Å². The van der Waals surface area contributed by atoms with Crippen LogP contribution < -0.4 is 5.73 Å². The van der Waals surface area contributed by atoms with Crippen molar-refractivity contribution in [1.82, 2.24) is 9.78 Å². The summed E-state index contributed by atoms with van der Waals surface area (Å²) in [6.45, 7) is 7.22. The molecule has 0 amide bonds. The second-order valence-corrected chi connectivity index (χ2v) is 3.48. The average molecular weight is 181 g/mol. The van der Waals surface area contributed by atoms with E-state index in [1.807, 2.05) is 6.92 Å². The lowest BCUT2D eigenvalue weighted by Gasteiger charge is -2.00. The summed E-state index contributed by atoms with van der Waals surface area (Å²) in [6.07, 6.45) is 1.92. The number of nitrogens with zero attached hydrogens (tertiary/aromatic N) is 2. The number of hydrogen-bond acceptors (Lipinski definition) is 2. The summed E-state index contributed by atoms with van der Waals surface area (Å²) in [5.41, 5.74) is 8.14. The van der Waals surface area contributed by atoms with E-state index in [4.69, 9.17) is 5.73 Å². The predicted octanol–water partition coefficient (Wildman–Crippen LogP) is 1.36. The molecule has 0 radical (unpaired) electrons. The van der Waals surface area contributed by atoms with Crippen LogP contribution in [0.2, 0.25) is 0 Å². The van der Waals surface area contributed by atoms with Crippen LogP contribution in [0.25, 0.3) is 0 Å². The Bertz CT molecular complexity index is 242. The molecule has 3 heteroatoms. The van der Waals surface area contributed by atoms with E-state index in [1.165, 1.54) is 5.69 Å². The highest BCUT2D eigenvalue weighted by Crippen LogP contribution is 2.07. The van der Waals surface area contributed by atoms with E-state index < -0.39 is 0 Å². The predicted molar refractivity (Wildman–Crippen MR) is 54.6 cm³/mol. The maximum Gasteiger partial charge on any atom is 0.0642 e. The molecule has 1 atom stereocenters. The lowest BCUT2D eigenvalue weighted by molar-refractivity contribution is 0.607. The van der Waals surface area contributed by atoms with Gasteiger partial charge in [0.05, 0.1) is 5.69 Å². The molecule has 1 unspecified atom stereocenters. The molecule has 1 heterocycles. The van der Waals surface area contributed by atoms with E-state index in [-0.39, 0.29) is 6.04 Å². The highest BCUT2D eigenvalue weighted by molar-refractivity contribution is 5.11. The molecular formula is C10H19N3. The van der Waals surface area contributed by atoms with Crippen molar-refractivity contribution in [3.8, 4) is 0 Å². The molecule has 3 nitrogen and oxygen atoms in total. The zero-order chi connectivity index (χ0) is 9.84. The topological polar surface area (TPSA) is 43.8 Å². The highest BCUT2D eigenvalue weighted by Gasteiger charge is 2.06. The fourth-order valence-corrected chi connectivity index (χ4v) is 1.50. The van der Waals surface area contributed by atoms with Gasteiger partial charge in [0.25, 0.3) is 0 Å². The fourth-order valence-electron chi connectivity index (χ4n) is 1.50. The second-order valence-electron chi connectivity index (χ2n) is 3.48. The number of hydrogen-bond donors (Lipinski definition) is 1. The second kappa shape index (κ2) is 4.42. The Hall–Kier alpha value is -0.830. The summed E-state index contributed by atoms with van der Waals surface area (Å²) in [5.74, 6) is 0. The van der Waals surface area contributed by atoms with E-state index in [0.29, 0.717) is 0 Å². The minimum Gasteiger partial charge on any atom is -0.328 e. The molecule has 1 aromatic rings. The Morgan fingerprint density at radius 1 is 1.54 bits per heavy atom. The van der Waals surface area contributed by atoms with Crippen LogP contribution >= 0.6 is 0 Å². The van der Waals surface area contributed by atoms with Gasteiger partial charge >= 0.3 is 0 Å².